The molecule has 0 fully saturated rings. The Morgan fingerprint density at radius 3 is 2.53 bits per heavy atom. The van der Waals surface area contributed by atoms with Crippen LogP contribution in [0.3, 0.4) is 0 Å². The molecular weight excluding hydrogens is 209 g/mol. The summed E-state index contributed by atoms with van der Waals surface area (Å²) in [6.45, 7) is 0. The van der Waals surface area contributed by atoms with Crippen LogP contribution in [0.1, 0.15) is 11.7 Å². The number of halogens is 1. The summed E-state index contributed by atoms with van der Waals surface area (Å²) in [7, 11) is 0. The number of aliphatic carboxylic acids is 1. The van der Waals surface area contributed by atoms with Crippen molar-refractivity contribution in [2.75, 3.05) is 0 Å². The number of carbonyl (C=O) groups is 1. The van der Waals surface area contributed by atoms with Gasteiger partial charge in [0, 0.05) is 6.07 Å². The largest absolute Gasteiger partial charge is 0.479 e. The van der Waals surface area contributed by atoms with E-state index >= 15 is 0 Å². The van der Waals surface area contributed by atoms with Crippen LogP contribution in [-0.4, -0.2) is 21.1 Å². The highest BCUT2D eigenvalue weighted by atomic mass is 19.1. The molecule has 0 aliphatic rings. The summed E-state index contributed by atoms with van der Waals surface area (Å²) >= 11 is 0. The molecule has 0 bridgehead atoms. The second kappa shape index (κ2) is 4.01. The van der Waals surface area contributed by atoms with Crippen LogP contribution in [0, 0.1) is 15.9 Å². The molecule has 1 aromatic carbocycles. The van der Waals surface area contributed by atoms with Gasteiger partial charge in [0.05, 0.1) is 4.92 Å². The number of rotatable bonds is 3. The van der Waals surface area contributed by atoms with Gasteiger partial charge in [0.1, 0.15) is 0 Å². The van der Waals surface area contributed by atoms with Crippen molar-refractivity contribution in [2.24, 2.45) is 0 Å². The fraction of sp³-hybridized carbons (Fsp3) is 0.125. The van der Waals surface area contributed by atoms with Crippen molar-refractivity contribution >= 4 is 11.7 Å². The van der Waals surface area contributed by atoms with Crippen molar-refractivity contribution in [1.82, 2.24) is 0 Å². The molecule has 15 heavy (non-hydrogen) atoms. The van der Waals surface area contributed by atoms with Crippen molar-refractivity contribution in [1.29, 1.82) is 0 Å². The van der Waals surface area contributed by atoms with Gasteiger partial charge in [0.25, 0.3) is 0 Å². The van der Waals surface area contributed by atoms with Gasteiger partial charge in [-0.25, -0.2) is 4.79 Å². The van der Waals surface area contributed by atoms with Gasteiger partial charge in [-0.1, -0.05) is 0 Å². The molecule has 1 rings (SSSR count). The Morgan fingerprint density at radius 1 is 1.53 bits per heavy atom. The van der Waals surface area contributed by atoms with Crippen LogP contribution < -0.4 is 0 Å². The Kier molecular flexibility index (Phi) is 2.96. The molecule has 1 unspecified atom stereocenters. The summed E-state index contributed by atoms with van der Waals surface area (Å²) in [4.78, 5) is 19.6. The minimum absolute atomic E-state index is 0.245. The Balaban J connectivity index is 3.12. The average Bonchev–Trinajstić information content (AvgIpc) is 2.15. The standard InChI is InChI=1S/C8H6FNO5/c9-5-3-4(7(11)8(12)13)1-2-6(5)10(14)15/h1-3,7,11H,(H,12,13). The van der Waals surface area contributed by atoms with Crippen molar-refractivity contribution in [3.63, 3.8) is 0 Å². The number of carboxylic acids is 1. The zero-order chi connectivity index (χ0) is 11.6. The SMILES string of the molecule is O=C(O)C(O)c1ccc([N+](=O)[O-])c(F)c1. The normalized spacial score (nSPS) is 12.1. The van der Waals surface area contributed by atoms with Gasteiger partial charge in [-0.15, -0.1) is 0 Å². The molecule has 0 heterocycles. The first-order chi connectivity index (χ1) is 6.93. The van der Waals surface area contributed by atoms with Gasteiger partial charge < -0.3 is 10.2 Å². The average molecular weight is 215 g/mol. The summed E-state index contributed by atoms with van der Waals surface area (Å²) in [5.74, 6) is -2.74. The van der Waals surface area contributed by atoms with Crippen LogP contribution in [-0.2, 0) is 4.79 Å². The van der Waals surface area contributed by atoms with E-state index in [1.807, 2.05) is 0 Å². The molecule has 7 heteroatoms. The second-order valence-electron chi connectivity index (χ2n) is 2.71. The predicted octanol–water partition coefficient (Wildman–Crippen LogP) is 0.852. The maximum absolute atomic E-state index is 13.0. The Bertz CT molecular complexity index is 419. The zero-order valence-electron chi connectivity index (χ0n) is 7.25. The molecule has 0 aromatic heterocycles. The number of nitro groups is 1. The third kappa shape index (κ3) is 2.26. The van der Waals surface area contributed by atoms with Gasteiger partial charge in [0.15, 0.2) is 6.10 Å². The number of benzene rings is 1. The summed E-state index contributed by atoms with van der Waals surface area (Å²) in [5, 5.41) is 27.6. The molecule has 2 N–H and O–H groups in total. The van der Waals surface area contributed by atoms with Crippen molar-refractivity contribution < 1.29 is 24.3 Å². The quantitative estimate of drug-likeness (QED) is 0.575. The van der Waals surface area contributed by atoms with Crippen LogP contribution in [0.4, 0.5) is 10.1 Å². The van der Waals surface area contributed by atoms with E-state index < -0.39 is 28.5 Å². The van der Waals surface area contributed by atoms with Crippen LogP contribution in [0.2, 0.25) is 0 Å². The summed E-state index contributed by atoms with van der Waals surface area (Å²) in [6, 6.07) is 2.41. The van der Waals surface area contributed by atoms with Crippen molar-refractivity contribution in [2.45, 2.75) is 6.10 Å². The van der Waals surface area contributed by atoms with Gasteiger partial charge in [-0.3, -0.25) is 10.1 Å². The monoisotopic (exact) mass is 215 g/mol. The molecular formula is C8H6FNO5. The molecule has 0 spiro atoms. The lowest BCUT2D eigenvalue weighted by Crippen LogP contribution is -2.10. The molecule has 1 atom stereocenters. The van der Waals surface area contributed by atoms with E-state index in [2.05, 4.69) is 0 Å². The number of carboxylic acid groups (broad SMARTS) is 1. The third-order valence-corrected chi connectivity index (χ3v) is 1.72. The van der Waals surface area contributed by atoms with E-state index in [1.54, 1.807) is 0 Å². The molecule has 0 saturated carbocycles. The fourth-order valence-corrected chi connectivity index (χ4v) is 0.984. The van der Waals surface area contributed by atoms with Crippen LogP contribution in [0.15, 0.2) is 18.2 Å². The number of aliphatic hydroxyl groups is 1. The number of hydrogen-bond donors (Lipinski definition) is 2. The first-order valence-electron chi connectivity index (χ1n) is 3.78. The first kappa shape index (κ1) is 11.1. The van der Waals surface area contributed by atoms with Crippen molar-refractivity contribution in [3.05, 3.63) is 39.7 Å². The summed E-state index contributed by atoms with van der Waals surface area (Å²) < 4.78 is 13.0. The minimum atomic E-state index is -1.89. The van der Waals surface area contributed by atoms with Crippen LogP contribution in [0.25, 0.3) is 0 Å². The molecule has 1 aromatic rings. The maximum Gasteiger partial charge on any atom is 0.337 e. The summed E-state index contributed by atoms with van der Waals surface area (Å²) in [5.41, 5.74) is -1.01. The van der Waals surface area contributed by atoms with E-state index in [0.29, 0.717) is 6.07 Å². The van der Waals surface area contributed by atoms with Crippen LogP contribution >= 0.6 is 0 Å². The highest BCUT2D eigenvalue weighted by Gasteiger charge is 2.20. The number of nitrogens with zero attached hydrogens (tertiary/aromatic N) is 1. The number of hydrogen-bond acceptors (Lipinski definition) is 4. The van der Waals surface area contributed by atoms with E-state index in [4.69, 9.17) is 10.2 Å². The molecule has 0 saturated heterocycles. The highest BCUT2D eigenvalue weighted by molar-refractivity contribution is 5.74. The van der Waals surface area contributed by atoms with Gasteiger partial charge in [0.2, 0.25) is 5.82 Å². The Hall–Kier alpha value is -2.02. The topological polar surface area (TPSA) is 101 Å². The molecule has 0 aliphatic carbocycles. The van der Waals surface area contributed by atoms with Gasteiger partial charge in [-0.2, -0.15) is 4.39 Å². The molecule has 0 aliphatic heterocycles. The second-order valence-corrected chi connectivity index (χ2v) is 2.71. The Morgan fingerprint density at radius 2 is 2.13 bits per heavy atom. The van der Waals surface area contributed by atoms with E-state index in [1.165, 1.54) is 0 Å². The van der Waals surface area contributed by atoms with Gasteiger partial charge in [-0.05, 0) is 17.7 Å². The number of aliphatic hydroxyl groups excluding tert-OH is 1. The van der Waals surface area contributed by atoms with Gasteiger partial charge >= 0.3 is 11.7 Å². The van der Waals surface area contributed by atoms with E-state index in [-0.39, 0.29) is 5.56 Å². The number of nitro benzene ring substituents is 1. The minimum Gasteiger partial charge on any atom is -0.479 e. The third-order valence-electron chi connectivity index (χ3n) is 1.72. The predicted molar refractivity (Wildman–Crippen MR) is 45.7 cm³/mol. The lowest BCUT2D eigenvalue weighted by atomic mass is 10.1. The van der Waals surface area contributed by atoms with Crippen molar-refractivity contribution in [3.8, 4) is 0 Å². The lowest BCUT2D eigenvalue weighted by Gasteiger charge is -2.05. The fourth-order valence-electron chi connectivity index (χ4n) is 0.984. The summed E-state index contributed by atoms with van der Waals surface area (Å²) in [6.07, 6.45) is -1.89. The Labute approximate surface area is 82.7 Å². The molecule has 0 radical (unpaired) electrons. The van der Waals surface area contributed by atoms with E-state index in [0.717, 1.165) is 12.1 Å². The zero-order valence-corrected chi connectivity index (χ0v) is 7.25. The smallest absolute Gasteiger partial charge is 0.337 e. The van der Waals surface area contributed by atoms with E-state index in [9.17, 15) is 19.3 Å². The lowest BCUT2D eigenvalue weighted by molar-refractivity contribution is -0.387. The first-order valence-corrected chi connectivity index (χ1v) is 3.78. The maximum atomic E-state index is 13.0. The molecule has 80 valence electrons. The molecule has 0 amide bonds. The highest BCUT2D eigenvalue weighted by Crippen LogP contribution is 2.21. The molecule has 6 nitrogen and oxygen atoms in total. The van der Waals surface area contributed by atoms with Crippen LogP contribution in [0.5, 0.6) is 0 Å².